The molecule has 5 rings (SSSR count). The Bertz CT molecular complexity index is 1840. The molecule has 2 unspecified atom stereocenters. The van der Waals surface area contributed by atoms with Crippen LogP contribution in [0.1, 0.15) is 31.4 Å². The number of likely N-dealkylation sites (tertiary alicyclic amines) is 1. The standard InChI is InChI=1S/C29H28F5N7O2S/c1-6-40(14-9-13(2)41(12-14)28(42)39(3)4)26-16-10-18(29(32,33)34)21(22(31)23(16)37-27(38-26)43-5)15-7-8-19(30)24-20(15)17(11-35)25(36)44-24/h7-8,10,13-14H,6,9,12,36H2,1-5H3. The number of hydrogen-bond acceptors (Lipinski definition) is 8. The number of ether oxygens (including phenoxy) is 1. The van der Waals surface area contributed by atoms with Crippen LogP contribution in [-0.2, 0) is 6.18 Å². The van der Waals surface area contributed by atoms with Gasteiger partial charge in [-0.1, -0.05) is 6.07 Å². The van der Waals surface area contributed by atoms with Crippen molar-refractivity contribution in [2.24, 2.45) is 0 Å². The van der Waals surface area contributed by atoms with Crippen LogP contribution in [0.2, 0.25) is 0 Å². The molecular weight excluding hydrogens is 605 g/mol. The van der Waals surface area contributed by atoms with Gasteiger partial charge in [-0.25, -0.2) is 13.6 Å². The van der Waals surface area contributed by atoms with E-state index in [4.69, 9.17) is 10.5 Å². The predicted molar refractivity (Wildman–Crippen MR) is 158 cm³/mol. The number of halogens is 5. The SMILES string of the molecule is CCN(c1nc(OC)nc2c(F)c(-c3ccc(F)c4sc(N)c(C#N)c34)c(C(F)(F)F)cc12)C1CC(C)N(C(=O)N(C)C)C1. The summed E-state index contributed by atoms with van der Waals surface area (Å²) in [6.45, 7) is 4.17. The number of carbonyl (C=O) groups excluding carboxylic acids is 1. The Labute approximate surface area is 253 Å². The van der Waals surface area contributed by atoms with E-state index in [1.807, 2.05) is 6.92 Å². The van der Waals surface area contributed by atoms with Crippen molar-refractivity contribution in [3.8, 4) is 23.2 Å². The molecule has 0 radical (unpaired) electrons. The molecule has 0 bridgehead atoms. The maximum Gasteiger partial charge on any atom is 0.417 e. The van der Waals surface area contributed by atoms with Crippen LogP contribution in [0.4, 0.5) is 37.6 Å². The summed E-state index contributed by atoms with van der Waals surface area (Å²) in [6.07, 6.45) is -4.59. The number of nitriles is 1. The number of fused-ring (bicyclic) bond motifs is 2. The zero-order valence-electron chi connectivity index (χ0n) is 24.4. The van der Waals surface area contributed by atoms with Crippen molar-refractivity contribution < 1.29 is 31.5 Å². The number of benzene rings is 2. The summed E-state index contributed by atoms with van der Waals surface area (Å²) in [4.78, 5) is 26.0. The molecule has 1 fully saturated rings. The van der Waals surface area contributed by atoms with E-state index >= 15 is 4.39 Å². The van der Waals surface area contributed by atoms with Crippen LogP contribution in [0.25, 0.3) is 32.1 Å². The second-order valence-corrected chi connectivity index (χ2v) is 11.7. The molecule has 0 saturated carbocycles. The largest absolute Gasteiger partial charge is 0.467 e. The lowest BCUT2D eigenvalue weighted by Crippen LogP contribution is -2.43. The third-order valence-electron chi connectivity index (χ3n) is 7.81. The van der Waals surface area contributed by atoms with Gasteiger partial charge in [0.2, 0.25) is 0 Å². The number of aromatic nitrogens is 2. The van der Waals surface area contributed by atoms with Gasteiger partial charge in [0.1, 0.15) is 28.2 Å². The summed E-state index contributed by atoms with van der Waals surface area (Å²) in [7, 11) is 4.50. The Morgan fingerprint density at radius 3 is 2.57 bits per heavy atom. The smallest absolute Gasteiger partial charge is 0.417 e. The first-order valence-electron chi connectivity index (χ1n) is 13.5. The van der Waals surface area contributed by atoms with Crippen LogP contribution in [0, 0.1) is 23.0 Å². The highest BCUT2D eigenvalue weighted by atomic mass is 32.1. The molecule has 1 aliphatic heterocycles. The lowest BCUT2D eigenvalue weighted by molar-refractivity contribution is -0.137. The molecule has 2 atom stereocenters. The molecule has 0 aliphatic carbocycles. The highest BCUT2D eigenvalue weighted by Gasteiger charge is 2.40. The van der Waals surface area contributed by atoms with E-state index in [0.717, 1.165) is 18.2 Å². The predicted octanol–water partition coefficient (Wildman–Crippen LogP) is 6.24. The number of methoxy groups -OCH3 is 1. The summed E-state index contributed by atoms with van der Waals surface area (Å²) in [5, 5.41) is 9.15. The molecule has 9 nitrogen and oxygen atoms in total. The fourth-order valence-corrected chi connectivity index (χ4v) is 6.78. The summed E-state index contributed by atoms with van der Waals surface area (Å²) < 4.78 is 80.8. The van der Waals surface area contributed by atoms with Crippen molar-refractivity contribution in [3.05, 3.63) is 41.0 Å². The number of hydrogen-bond donors (Lipinski definition) is 1. The number of anilines is 2. The van der Waals surface area contributed by atoms with Gasteiger partial charge >= 0.3 is 18.2 Å². The van der Waals surface area contributed by atoms with Crippen molar-refractivity contribution in [3.63, 3.8) is 0 Å². The average Bonchev–Trinajstić information content (AvgIpc) is 3.52. The minimum Gasteiger partial charge on any atom is -0.467 e. The second kappa shape index (κ2) is 11.2. The molecular formula is C29H28F5N7O2S. The zero-order valence-corrected chi connectivity index (χ0v) is 25.2. The molecule has 1 saturated heterocycles. The number of nitrogens with two attached hydrogens (primary N) is 1. The fraction of sp³-hybridized carbons (Fsp3) is 0.379. The number of carbonyl (C=O) groups is 1. The van der Waals surface area contributed by atoms with Crippen LogP contribution in [0.15, 0.2) is 18.2 Å². The molecule has 2 N–H and O–H groups in total. The van der Waals surface area contributed by atoms with Crippen LogP contribution in [0.3, 0.4) is 0 Å². The van der Waals surface area contributed by atoms with Gasteiger partial charge in [0.15, 0.2) is 5.82 Å². The Balaban J connectivity index is 1.80. The van der Waals surface area contributed by atoms with E-state index in [2.05, 4.69) is 9.97 Å². The van der Waals surface area contributed by atoms with E-state index in [0.29, 0.717) is 17.8 Å². The van der Waals surface area contributed by atoms with Crippen molar-refractivity contribution in [2.45, 2.75) is 38.5 Å². The average molecular weight is 634 g/mol. The number of urea groups is 1. The number of nitrogens with zero attached hydrogens (tertiary/aromatic N) is 6. The van der Waals surface area contributed by atoms with Crippen LogP contribution >= 0.6 is 11.3 Å². The fourth-order valence-electron chi connectivity index (χ4n) is 5.83. The van der Waals surface area contributed by atoms with Gasteiger partial charge in [-0.2, -0.15) is 28.4 Å². The van der Waals surface area contributed by atoms with Gasteiger partial charge in [-0.05, 0) is 38.0 Å². The number of nitrogen functional groups attached to an aromatic ring is 1. The highest BCUT2D eigenvalue weighted by molar-refractivity contribution is 7.23. The molecule has 2 aromatic carbocycles. The quantitative estimate of drug-likeness (QED) is 0.259. The van der Waals surface area contributed by atoms with Crippen molar-refractivity contribution >= 4 is 49.2 Å². The van der Waals surface area contributed by atoms with E-state index in [9.17, 15) is 27.6 Å². The monoisotopic (exact) mass is 633 g/mol. The normalized spacial score (nSPS) is 16.9. The molecule has 0 spiro atoms. The summed E-state index contributed by atoms with van der Waals surface area (Å²) >= 11 is 0.688. The second-order valence-electron chi connectivity index (χ2n) is 10.6. The maximum atomic E-state index is 16.6. The molecule has 44 heavy (non-hydrogen) atoms. The number of likely N-dealkylation sites (N-methyl/N-ethyl adjacent to an activating group) is 1. The lowest BCUT2D eigenvalue weighted by atomic mass is 9.92. The first-order valence-corrected chi connectivity index (χ1v) is 14.4. The van der Waals surface area contributed by atoms with Crippen LogP contribution < -0.4 is 15.4 Å². The zero-order chi connectivity index (χ0) is 32.2. The number of amides is 2. The Kier molecular flexibility index (Phi) is 7.91. The summed E-state index contributed by atoms with van der Waals surface area (Å²) in [6, 6.07) is 3.44. The third kappa shape index (κ3) is 4.96. The van der Waals surface area contributed by atoms with Crippen LogP contribution in [-0.4, -0.2) is 72.2 Å². The van der Waals surface area contributed by atoms with Crippen molar-refractivity contribution in [2.75, 3.05) is 44.9 Å². The molecule has 2 aromatic heterocycles. The first-order chi connectivity index (χ1) is 20.7. The van der Waals surface area contributed by atoms with E-state index < -0.39 is 34.5 Å². The van der Waals surface area contributed by atoms with Gasteiger partial charge < -0.3 is 25.2 Å². The third-order valence-corrected chi connectivity index (χ3v) is 8.84. The Morgan fingerprint density at radius 2 is 1.98 bits per heavy atom. The molecule has 1 aliphatic rings. The van der Waals surface area contributed by atoms with E-state index in [1.165, 1.54) is 12.0 Å². The van der Waals surface area contributed by atoms with Gasteiger partial charge in [-0.3, -0.25) is 0 Å². The van der Waals surface area contributed by atoms with Crippen molar-refractivity contribution in [1.82, 2.24) is 19.8 Å². The molecule has 232 valence electrons. The molecule has 2 amide bonds. The summed E-state index contributed by atoms with van der Waals surface area (Å²) in [5.41, 5.74) is 2.56. The van der Waals surface area contributed by atoms with E-state index in [-0.39, 0.29) is 74.6 Å². The van der Waals surface area contributed by atoms with Gasteiger partial charge in [0.25, 0.3) is 0 Å². The first kappa shape index (κ1) is 31.0. The van der Waals surface area contributed by atoms with Crippen LogP contribution in [0.5, 0.6) is 6.01 Å². The Morgan fingerprint density at radius 1 is 1.27 bits per heavy atom. The Hall–Kier alpha value is -4.45. The molecule has 4 aromatic rings. The molecule has 15 heteroatoms. The number of alkyl halides is 3. The molecule has 3 heterocycles. The maximum absolute atomic E-state index is 16.6. The summed E-state index contributed by atoms with van der Waals surface area (Å²) in [5.74, 6) is -2.16. The van der Waals surface area contributed by atoms with Crippen molar-refractivity contribution in [1.29, 1.82) is 5.26 Å². The van der Waals surface area contributed by atoms with Gasteiger partial charge in [-0.15, -0.1) is 11.3 Å². The topological polar surface area (TPSA) is 112 Å². The van der Waals surface area contributed by atoms with E-state index in [1.54, 1.807) is 36.9 Å². The minimum atomic E-state index is -5.08. The number of thiophene rings is 1. The minimum absolute atomic E-state index is 0.00315. The number of rotatable bonds is 5. The lowest BCUT2D eigenvalue weighted by Gasteiger charge is -2.31. The van der Waals surface area contributed by atoms with Gasteiger partial charge in [0.05, 0.1) is 29.0 Å². The van der Waals surface area contributed by atoms with Gasteiger partial charge in [0, 0.05) is 49.6 Å². The highest BCUT2D eigenvalue weighted by Crippen LogP contribution is 2.48.